The van der Waals surface area contributed by atoms with Crippen LogP contribution in [0.15, 0.2) is 41.5 Å². The summed E-state index contributed by atoms with van der Waals surface area (Å²) in [5, 5.41) is 15.3. The summed E-state index contributed by atoms with van der Waals surface area (Å²) >= 11 is 0. The van der Waals surface area contributed by atoms with Gasteiger partial charge >= 0.3 is 6.09 Å². The van der Waals surface area contributed by atoms with Crippen LogP contribution in [0, 0.1) is 0 Å². The molecule has 0 aliphatic rings. The molecule has 0 saturated carbocycles. The van der Waals surface area contributed by atoms with Gasteiger partial charge in [0, 0.05) is 5.56 Å². The molecule has 2 aromatic carbocycles. The first kappa shape index (κ1) is 11.9. The van der Waals surface area contributed by atoms with Crippen molar-refractivity contribution in [3.8, 4) is 5.75 Å². The molecule has 2 rings (SSSR count). The Morgan fingerprint density at radius 1 is 1.33 bits per heavy atom. The SMILES string of the molecule is COC(=O)N/N=C/c1c(O)ccc2ccccc12. The molecule has 2 aromatic rings. The summed E-state index contributed by atoms with van der Waals surface area (Å²) in [6.07, 6.45) is 0.722. The van der Waals surface area contributed by atoms with Crippen molar-refractivity contribution in [3.63, 3.8) is 0 Å². The Balaban J connectivity index is 2.37. The van der Waals surface area contributed by atoms with Gasteiger partial charge in [-0.15, -0.1) is 0 Å². The van der Waals surface area contributed by atoms with E-state index in [-0.39, 0.29) is 5.75 Å². The Labute approximate surface area is 104 Å². The lowest BCUT2D eigenvalue weighted by atomic mass is 10.0. The van der Waals surface area contributed by atoms with Gasteiger partial charge in [-0.1, -0.05) is 30.3 Å². The van der Waals surface area contributed by atoms with Gasteiger partial charge in [-0.3, -0.25) is 0 Å². The third-order valence-electron chi connectivity index (χ3n) is 2.48. The number of amides is 1. The van der Waals surface area contributed by atoms with Gasteiger partial charge in [0.1, 0.15) is 5.75 Å². The number of aromatic hydroxyl groups is 1. The smallest absolute Gasteiger partial charge is 0.427 e. The summed E-state index contributed by atoms with van der Waals surface area (Å²) < 4.78 is 4.38. The maximum Gasteiger partial charge on any atom is 0.427 e. The number of carbonyl (C=O) groups is 1. The maximum atomic E-state index is 10.8. The second-order valence-electron chi connectivity index (χ2n) is 3.58. The minimum absolute atomic E-state index is 0.101. The highest BCUT2D eigenvalue weighted by atomic mass is 16.5. The zero-order valence-electron chi connectivity index (χ0n) is 9.75. The minimum atomic E-state index is -0.661. The van der Waals surface area contributed by atoms with Crippen molar-refractivity contribution in [2.24, 2.45) is 5.10 Å². The first-order valence-corrected chi connectivity index (χ1v) is 5.30. The molecule has 1 amide bonds. The van der Waals surface area contributed by atoms with Gasteiger partial charge in [0.15, 0.2) is 0 Å². The monoisotopic (exact) mass is 244 g/mol. The summed E-state index contributed by atoms with van der Waals surface area (Å²) in [5.74, 6) is 0.101. The van der Waals surface area contributed by atoms with E-state index in [9.17, 15) is 9.90 Å². The predicted octanol–water partition coefficient (Wildman–Crippen LogP) is 2.24. The molecule has 0 heterocycles. The molecule has 0 aliphatic heterocycles. The second-order valence-corrected chi connectivity index (χ2v) is 3.58. The van der Waals surface area contributed by atoms with E-state index in [1.54, 1.807) is 6.07 Å². The standard InChI is InChI=1S/C13H12N2O3/c1-18-13(17)15-14-8-11-10-5-3-2-4-9(10)6-7-12(11)16/h2-8,16H,1H3,(H,15,17)/b14-8+. The van der Waals surface area contributed by atoms with E-state index in [4.69, 9.17) is 0 Å². The molecule has 0 aliphatic carbocycles. The summed E-state index contributed by atoms with van der Waals surface area (Å²) in [4.78, 5) is 10.8. The molecule has 0 radical (unpaired) electrons. The Hall–Kier alpha value is -2.56. The van der Waals surface area contributed by atoms with Crippen LogP contribution in [-0.4, -0.2) is 24.5 Å². The number of ether oxygens (including phenoxy) is 1. The fraction of sp³-hybridized carbons (Fsp3) is 0.0769. The molecule has 0 spiro atoms. The van der Waals surface area contributed by atoms with Gasteiger partial charge < -0.3 is 9.84 Å². The van der Waals surface area contributed by atoms with E-state index in [2.05, 4.69) is 15.3 Å². The molecule has 5 heteroatoms. The van der Waals surface area contributed by atoms with E-state index in [0.717, 1.165) is 10.8 Å². The van der Waals surface area contributed by atoms with Crippen LogP contribution < -0.4 is 5.43 Å². The van der Waals surface area contributed by atoms with E-state index < -0.39 is 6.09 Å². The van der Waals surface area contributed by atoms with E-state index >= 15 is 0 Å². The molecule has 5 nitrogen and oxygen atoms in total. The van der Waals surface area contributed by atoms with Crippen LogP contribution in [0.5, 0.6) is 5.75 Å². The highest BCUT2D eigenvalue weighted by Gasteiger charge is 2.04. The zero-order valence-corrected chi connectivity index (χ0v) is 9.75. The number of hydrogen-bond donors (Lipinski definition) is 2. The maximum absolute atomic E-state index is 10.8. The Morgan fingerprint density at radius 3 is 2.89 bits per heavy atom. The van der Waals surface area contributed by atoms with E-state index in [0.29, 0.717) is 5.56 Å². The minimum Gasteiger partial charge on any atom is -0.507 e. The first-order chi connectivity index (χ1) is 8.72. The number of fused-ring (bicyclic) bond motifs is 1. The molecular weight excluding hydrogens is 232 g/mol. The number of nitrogens with one attached hydrogen (secondary N) is 1. The summed E-state index contributed by atoms with van der Waals surface area (Å²) in [6, 6.07) is 11.0. The van der Waals surface area contributed by atoms with Crippen molar-refractivity contribution in [2.45, 2.75) is 0 Å². The van der Waals surface area contributed by atoms with Crippen molar-refractivity contribution in [1.29, 1.82) is 0 Å². The van der Waals surface area contributed by atoms with Gasteiger partial charge in [0.25, 0.3) is 0 Å². The van der Waals surface area contributed by atoms with Gasteiger partial charge in [0.2, 0.25) is 0 Å². The summed E-state index contributed by atoms with van der Waals surface area (Å²) in [6.45, 7) is 0. The van der Waals surface area contributed by atoms with Crippen molar-refractivity contribution >= 4 is 23.1 Å². The highest BCUT2D eigenvalue weighted by Crippen LogP contribution is 2.25. The van der Waals surface area contributed by atoms with Gasteiger partial charge in [-0.25, -0.2) is 10.2 Å². The Kier molecular flexibility index (Phi) is 3.43. The van der Waals surface area contributed by atoms with Gasteiger partial charge in [0.05, 0.1) is 13.3 Å². The first-order valence-electron chi connectivity index (χ1n) is 5.30. The van der Waals surface area contributed by atoms with Crippen LogP contribution in [0.4, 0.5) is 4.79 Å². The molecule has 0 saturated heterocycles. The van der Waals surface area contributed by atoms with Crippen molar-refractivity contribution in [2.75, 3.05) is 7.11 Å². The molecule has 0 atom stereocenters. The van der Waals surface area contributed by atoms with Gasteiger partial charge in [-0.2, -0.15) is 5.10 Å². The lowest BCUT2D eigenvalue weighted by Gasteiger charge is -2.04. The normalized spacial score (nSPS) is 10.7. The second kappa shape index (κ2) is 5.18. The van der Waals surface area contributed by atoms with Crippen molar-refractivity contribution < 1.29 is 14.6 Å². The number of hydrogen-bond acceptors (Lipinski definition) is 4. The molecular formula is C13H12N2O3. The van der Waals surface area contributed by atoms with Crippen LogP contribution in [0.2, 0.25) is 0 Å². The summed E-state index contributed by atoms with van der Waals surface area (Å²) in [5.41, 5.74) is 2.72. The molecule has 0 fully saturated rings. The fourth-order valence-electron chi connectivity index (χ4n) is 1.61. The Morgan fingerprint density at radius 2 is 2.11 bits per heavy atom. The van der Waals surface area contributed by atoms with Crippen molar-refractivity contribution in [3.05, 3.63) is 42.0 Å². The highest BCUT2D eigenvalue weighted by molar-refractivity contribution is 6.02. The predicted molar refractivity (Wildman–Crippen MR) is 68.7 cm³/mol. The molecule has 92 valence electrons. The van der Waals surface area contributed by atoms with E-state index in [1.165, 1.54) is 13.3 Å². The van der Waals surface area contributed by atoms with Crippen LogP contribution in [-0.2, 0) is 4.74 Å². The molecule has 18 heavy (non-hydrogen) atoms. The number of phenolic OH excluding ortho intramolecular Hbond substituents is 1. The van der Waals surface area contributed by atoms with Crippen LogP contribution in [0.25, 0.3) is 10.8 Å². The number of nitrogens with zero attached hydrogens (tertiary/aromatic N) is 1. The third-order valence-corrected chi connectivity index (χ3v) is 2.48. The van der Waals surface area contributed by atoms with Crippen molar-refractivity contribution in [1.82, 2.24) is 5.43 Å². The van der Waals surface area contributed by atoms with Gasteiger partial charge in [-0.05, 0) is 16.8 Å². The molecule has 0 bridgehead atoms. The Bertz CT molecular complexity index is 608. The average molecular weight is 244 g/mol. The lowest BCUT2D eigenvalue weighted by Crippen LogP contribution is -2.16. The number of methoxy groups -OCH3 is 1. The number of carbonyl (C=O) groups excluding carboxylic acids is 1. The third kappa shape index (κ3) is 2.40. The lowest BCUT2D eigenvalue weighted by molar-refractivity contribution is 0.171. The topological polar surface area (TPSA) is 70.9 Å². The van der Waals surface area contributed by atoms with E-state index in [1.807, 2.05) is 30.3 Å². The molecule has 0 aromatic heterocycles. The average Bonchev–Trinajstić information content (AvgIpc) is 2.41. The quantitative estimate of drug-likeness (QED) is 0.628. The van der Waals surface area contributed by atoms with Crippen LogP contribution >= 0.6 is 0 Å². The number of benzene rings is 2. The number of phenols is 1. The fourth-order valence-corrected chi connectivity index (χ4v) is 1.61. The van der Waals surface area contributed by atoms with Crippen LogP contribution in [0.3, 0.4) is 0 Å². The molecule has 0 unspecified atom stereocenters. The zero-order chi connectivity index (χ0) is 13.0. The largest absolute Gasteiger partial charge is 0.507 e. The van der Waals surface area contributed by atoms with Crippen LogP contribution in [0.1, 0.15) is 5.56 Å². The molecule has 2 N–H and O–H groups in total. The summed E-state index contributed by atoms with van der Waals surface area (Å²) in [7, 11) is 1.25. The number of hydrazone groups is 1. The number of rotatable bonds is 2.